The Hall–Kier alpha value is -0.610. The molecule has 0 aliphatic rings. The Morgan fingerprint density at radius 2 is 2.00 bits per heavy atom. The molecule has 0 spiro atoms. The van der Waals surface area contributed by atoms with Crippen LogP contribution in [0.3, 0.4) is 0 Å². The maximum atomic E-state index is 11.0. The molecule has 4 nitrogen and oxygen atoms in total. The molecule has 84 valence electrons. The second kappa shape index (κ2) is 5.32. The fourth-order valence-corrected chi connectivity index (χ4v) is 0.750. The van der Waals surface area contributed by atoms with Crippen LogP contribution in [0.5, 0.6) is 0 Å². The Morgan fingerprint density at radius 3 is 2.36 bits per heavy atom. The van der Waals surface area contributed by atoms with Crippen LogP contribution in [0, 0.1) is 0 Å². The standard InChI is InChI=1S/C10H22N2O2/c1-8(11)9(13)14-7-6-12(5)10(2,3)4/h8H,6-7,11H2,1-5H3. The predicted molar refractivity (Wildman–Crippen MR) is 57.0 cm³/mol. The zero-order chi connectivity index (χ0) is 11.4. The van der Waals surface area contributed by atoms with E-state index in [1.54, 1.807) is 6.92 Å². The van der Waals surface area contributed by atoms with Gasteiger partial charge in [-0.2, -0.15) is 0 Å². The van der Waals surface area contributed by atoms with Gasteiger partial charge in [-0.15, -0.1) is 0 Å². The average molecular weight is 202 g/mol. The molecular formula is C10H22N2O2. The Bertz CT molecular complexity index is 185. The van der Waals surface area contributed by atoms with E-state index in [0.29, 0.717) is 6.61 Å². The fourth-order valence-electron chi connectivity index (χ4n) is 0.750. The minimum atomic E-state index is -0.532. The molecule has 0 saturated carbocycles. The zero-order valence-electron chi connectivity index (χ0n) is 9.83. The molecular weight excluding hydrogens is 180 g/mol. The summed E-state index contributed by atoms with van der Waals surface area (Å²) in [6.45, 7) is 9.08. The van der Waals surface area contributed by atoms with Gasteiger partial charge in [0, 0.05) is 12.1 Å². The topological polar surface area (TPSA) is 55.6 Å². The van der Waals surface area contributed by atoms with E-state index in [4.69, 9.17) is 10.5 Å². The molecule has 0 saturated heterocycles. The number of rotatable bonds is 4. The summed E-state index contributed by atoms with van der Waals surface area (Å²) in [7, 11) is 2.00. The molecule has 0 aromatic rings. The highest BCUT2D eigenvalue weighted by Crippen LogP contribution is 2.09. The molecule has 0 aliphatic heterocycles. The summed E-state index contributed by atoms with van der Waals surface area (Å²) in [5, 5.41) is 0. The van der Waals surface area contributed by atoms with Crippen molar-refractivity contribution in [3.8, 4) is 0 Å². The molecule has 14 heavy (non-hydrogen) atoms. The molecule has 0 heterocycles. The van der Waals surface area contributed by atoms with E-state index in [0.717, 1.165) is 6.54 Å². The quantitative estimate of drug-likeness (QED) is 0.679. The maximum Gasteiger partial charge on any atom is 0.322 e. The van der Waals surface area contributed by atoms with Crippen LogP contribution in [-0.4, -0.2) is 42.6 Å². The lowest BCUT2D eigenvalue weighted by molar-refractivity contribution is -0.145. The van der Waals surface area contributed by atoms with Crippen LogP contribution in [0.4, 0.5) is 0 Å². The van der Waals surface area contributed by atoms with Crippen LogP contribution in [-0.2, 0) is 9.53 Å². The molecule has 0 fully saturated rings. The third-order valence-electron chi connectivity index (χ3n) is 2.19. The number of esters is 1. The van der Waals surface area contributed by atoms with Gasteiger partial charge in [-0.1, -0.05) is 0 Å². The van der Waals surface area contributed by atoms with Crippen LogP contribution >= 0.6 is 0 Å². The molecule has 0 amide bonds. The van der Waals surface area contributed by atoms with Crippen LogP contribution < -0.4 is 5.73 Å². The summed E-state index contributed by atoms with van der Waals surface area (Å²) >= 11 is 0. The molecule has 2 N–H and O–H groups in total. The van der Waals surface area contributed by atoms with Crippen molar-refractivity contribution in [2.45, 2.75) is 39.3 Å². The number of carbonyl (C=O) groups excluding carboxylic acids is 1. The Morgan fingerprint density at radius 1 is 1.50 bits per heavy atom. The normalized spacial score (nSPS) is 14.2. The van der Waals surface area contributed by atoms with Crippen molar-refractivity contribution in [2.24, 2.45) is 5.73 Å². The lowest BCUT2D eigenvalue weighted by Gasteiger charge is -2.31. The third kappa shape index (κ3) is 5.19. The van der Waals surface area contributed by atoms with Gasteiger partial charge in [0.25, 0.3) is 0 Å². The Kier molecular flexibility index (Phi) is 5.08. The lowest BCUT2D eigenvalue weighted by atomic mass is 10.1. The average Bonchev–Trinajstić information content (AvgIpc) is 2.01. The first kappa shape index (κ1) is 13.4. The smallest absolute Gasteiger partial charge is 0.322 e. The molecule has 4 heteroatoms. The van der Waals surface area contributed by atoms with Crippen molar-refractivity contribution in [3.63, 3.8) is 0 Å². The van der Waals surface area contributed by atoms with Crippen LogP contribution in [0.1, 0.15) is 27.7 Å². The lowest BCUT2D eigenvalue weighted by Crippen LogP contribution is -2.41. The summed E-state index contributed by atoms with van der Waals surface area (Å²) < 4.78 is 4.96. The fraction of sp³-hybridized carbons (Fsp3) is 0.900. The molecule has 1 unspecified atom stereocenters. The van der Waals surface area contributed by atoms with Gasteiger partial charge in [-0.05, 0) is 34.7 Å². The maximum absolute atomic E-state index is 11.0. The summed E-state index contributed by atoms with van der Waals surface area (Å²) in [5.41, 5.74) is 5.45. The first-order chi connectivity index (χ1) is 6.25. The highest BCUT2D eigenvalue weighted by Gasteiger charge is 2.17. The molecule has 1 atom stereocenters. The highest BCUT2D eigenvalue weighted by atomic mass is 16.5. The minimum absolute atomic E-state index is 0.0980. The second-order valence-corrected chi connectivity index (χ2v) is 4.55. The number of hydrogen-bond donors (Lipinski definition) is 1. The van der Waals surface area contributed by atoms with Crippen molar-refractivity contribution in [1.82, 2.24) is 4.90 Å². The number of nitrogens with two attached hydrogens (primary N) is 1. The monoisotopic (exact) mass is 202 g/mol. The van der Waals surface area contributed by atoms with E-state index in [1.165, 1.54) is 0 Å². The van der Waals surface area contributed by atoms with E-state index in [1.807, 2.05) is 7.05 Å². The summed E-state index contributed by atoms with van der Waals surface area (Å²) in [6.07, 6.45) is 0. The summed E-state index contributed by atoms with van der Waals surface area (Å²) in [4.78, 5) is 13.1. The van der Waals surface area contributed by atoms with Crippen LogP contribution in [0.2, 0.25) is 0 Å². The number of hydrogen-bond acceptors (Lipinski definition) is 4. The van der Waals surface area contributed by atoms with E-state index < -0.39 is 6.04 Å². The van der Waals surface area contributed by atoms with Gasteiger partial charge in [-0.25, -0.2) is 0 Å². The van der Waals surface area contributed by atoms with E-state index in [2.05, 4.69) is 25.7 Å². The molecule has 0 rings (SSSR count). The predicted octanol–water partition coefficient (Wildman–Crippen LogP) is 0.607. The van der Waals surface area contributed by atoms with Gasteiger partial charge < -0.3 is 10.5 Å². The first-order valence-electron chi connectivity index (χ1n) is 4.88. The highest BCUT2D eigenvalue weighted by molar-refractivity contribution is 5.74. The van der Waals surface area contributed by atoms with Gasteiger partial charge in [0.1, 0.15) is 12.6 Å². The van der Waals surface area contributed by atoms with Crippen molar-refractivity contribution >= 4 is 5.97 Å². The van der Waals surface area contributed by atoms with Gasteiger partial charge in [-0.3, -0.25) is 9.69 Å². The van der Waals surface area contributed by atoms with Gasteiger partial charge >= 0.3 is 5.97 Å². The van der Waals surface area contributed by atoms with Gasteiger partial charge in [0.15, 0.2) is 0 Å². The van der Waals surface area contributed by atoms with E-state index in [-0.39, 0.29) is 11.5 Å². The van der Waals surface area contributed by atoms with E-state index in [9.17, 15) is 4.79 Å². The number of ether oxygens (including phenoxy) is 1. The first-order valence-corrected chi connectivity index (χ1v) is 4.88. The molecule has 0 aromatic carbocycles. The third-order valence-corrected chi connectivity index (χ3v) is 2.19. The van der Waals surface area contributed by atoms with Crippen molar-refractivity contribution in [1.29, 1.82) is 0 Å². The van der Waals surface area contributed by atoms with Gasteiger partial charge in [0.05, 0.1) is 0 Å². The van der Waals surface area contributed by atoms with Crippen molar-refractivity contribution < 1.29 is 9.53 Å². The summed E-state index contributed by atoms with van der Waals surface area (Å²) in [5.74, 6) is -0.340. The number of carbonyl (C=O) groups is 1. The van der Waals surface area contributed by atoms with Crippen molar-refractivity contribution in [3.05, 3.63) is 0 Å². The number of likely N-dealkylation sites (N-methyl/N-ethyl adjacent to an activating group) is 1. The summed E-state index contributed by atoms with van der Waals surface area (Å²) in [6, 6.07) is -0.532. The minimum Gasteiger partial charge on any atom is -0.463 e. The SMILES string of the molecule is CC(N)C(=O)OCCN(C)C(C)(C)C. The van der Waals surface area contributed by atoms with Crippen LogP contribution in [0.25, 0.3) is 0 Å². The molecule has 0 bridgehead atoms. The molecule has 0 aliphatic carbocycles. The molecule has 0 aromatic heterocycles. The number of nitrogens with zero attached hydrogens (tertiary/aromatic N) is 1. The largest absolute Gasteiger partial charge is 0.463 e. The van der Waals surface area contributed by atoms with Gasteiger partial charge in [0.2, 0.25) is 0 Å². The Labute approximate surface area is 86.4 Å². The van der Waals surface area contributed by atoms with Crippen LogP contribution in [0.15, 0.2) is 0 Å². The van der Waals surface area contributed by atoms with E-state index >= 15 is 0 Å². The zero-order valence-corrected chi connectivity index (χ0v) is 9.83. The second-order valence-electron chi connectivity index (χ2n) is 4.55. The molecule has 0 radical (unpaired) electrons. The Balaban J connectivity index is 3.70. The van der Waals surface area contributed by atoms with Crippen molar-refractivity contribution in [2.75, 3.05) is 20.2 Å².